The summed E-state index contributed by atoms with van der Waals surface area (Å²) in [5.41, 5.74) is 0.0782. The second kappa shape index (κ2) is 8.68. The topological polar surface area (TPSA) is 88.5 Å². The molecule has 0 spiro atoms. The number of hydrogen-bond acceptors (Lipinski definition) is 4. The molecule has 1 unspecified atom stereocenters. The quantitative estimate of drug-likeness (QED) is 0.719. The molecule has 0 aliphatic heterocycles. The predicted octanol–water partition coefficient (Wildman–Crippen LogP) is 4.31. The lowest BCUT2D eigenvalue weighted by atomic mass is 9.95. The summed E-state index contributed by atoms with van der Waals surface area (Å²) in [5, 5.41) is 12.3. The molecule has 0 saturated heterocycles. The van der Waals surface area contributed by atoms with Crippen LogP contribution in [-0.2, 0) is 4.79 Å². The summed E-state index contributed by atoms with van der Waals surface area (Å²) < 4.78 is 5.59. The number of ether oxygens (including phenoxy) is 1. The minimum absolute atomic E-state index is 0.197. The van der Waals surface area contributed by atoms with E-state index >= 15 is 0 Å². The molecule has 2 rings (SSSR count). The number of amides is 1. The molecule has 1 heterocycles. The van der Waals surface area contributed by atoms with E-state index in [4.69, 9.17) is 16.3 Å². The van der Waals surface area contributed by atoms with Gasteiger partial charge in [0.25, 0.3) is 5.91 Å². The number of halogens is 1. The average Bonchev–Trinajstić information content (AvgIpc) is 2.59. The lowest BCUT2D eigenvalue weighted by Crippen LogP contribution is -2.39. The Morgan fingerprint density at radius 3 is 2.59 bits per heavy atom. The molecule has 0 aliphatic rings. The number of aromatic nitrogens is 1. The molecule has 1 atom stereocenters. The maximum atomic E-state index is 12.4. The summed E-state index contributed by atoms with van der Waals surface area (Å²) in [6.45, 7) is 5.82. The van der Waals surface area contributed by atoms with E-state index in [0.29, 0.717) is 16.7 Å². The lowest BCUT2D eigenvalue weighted by molar-refractivity contribution is -0.137. The van der Waals surface area contributed by atoms with Crippen molar-refractivity contribution in [1.29, 1.82) is 0 Å². The third kappa shape index (κ3) is 6.75. The highest BCUT2D eigenvalue weighted by atomic mass is 35.5. The summed E-state index contributed by atoms with van der Waals surface area (Å²) in [7, 11) is 0. The van der Waals surface area contributed by atoms with Crippen LogP contribution in [0.5, 0.6) is 11.6 Å². The van der Waals surface area contributed by atoms with Crippen LogP contribution in [0, 0.1) is 5.41 Å². The maximum Gasteiger partial charge on any atom is 0.330 e. The van der Waals surface area contributed by atoms with Crippen LogP contribution in [0.2, 0.25) is 5.02 Å². The molecule has 2 N–H and O–H groups in total. The molecule has 0 radical (unpaired) electrons. The van der Waals surface area contributed by atoms with E-state index < -0.39 is 17.9 Å². The van der Waals surface area contributed by atoms with E-state index in [1.165, 1.54) is 18.3 Å². The molecule has 0 bridgehead atoms. The number of nitrogens with one attached hydrogen (secondary N) is 1. The fourth-order valence-electron chi connectivity index (χ4n) is 2.05. The standard InChI is InChI=1S/C20H21ClN2O4/c1-20(2,3)10-9-16(19(25)26)23-18(24)13-5-4-6-15(11-13)27-17-8-7-14(21)12-22-17/h4-12,16H,1-3H3,(H,23,24)(H,25,26)/b10-9+. The molecule has 0 saturated carbocycles. The monoisotopic (exact) mass is 388 g/mol. The summed E-state index contributed by atoms with van der Waals surface area (Å²) >= 11 is 5.78. The first-order chi connectivity index (χ1) is 12.6. The van der Waals surface area contributed by atoms with Crippen molar-refractivity contribution in [3.8, 4) is 11.6 Å². The van der Waals surface area contributed by atoms with Crippen molar-refractivity contribution in [2.75, 3.05) is 0 Å². The van der Waals surface area contributed by atoms with Crippen molar-refractivity contribution >= 4 is 23.5 Å². The Bertz CT molecular complexity index is 842. The highest BCUT2D eigenvalue weighted by molar-refractivity contribution is 6.30. The smallest absolute Gasteiger partial charge is 0.330 e. The minimum atomic E-state index is -1.14. The summed E-state index contributed by atoms with van der Waals surface area (Å²) in [4.78, 5) is 27.9. The van der Waals surface area contributed by atoms with Gasteiger partial charge in [-0.2, -0.15) is 0 Å². The van der Waals surface area contributed by atoms with Gasteiger partial charge in [0.15, 0.2) is 0 Å². The number of aliphatic carboxylic acids is 1. The van der Waals surface area contributed by atoms with Gasteiger partial charge >= 0.3 is 5.97 Å². The van der Waals surface area contributed by atoms with Crippen molar-refractivity contribution in [2.45, 2.75) is 26.8 Å². The lowest BCUT2D eigenvalue weighted by Gasteiger charge is -2.15. The summed E-state index contributed by atoms with van der Waals surface area (Å²) in [5.74, 6) is -0.930. The van der Waals surface area contributed by atoms with Crippen LogP contribution in [0.1, 0.15) is 31.1 Å². The van der Waals surface area contributed by atoms with Crippen molar-refractivity contribution in [2.24, 2.45) is 5.41 Å². The Morgan fingerprint density at radius 2 is 2.00 bits per heavy atom. The molecule has 1 aromatic heterocycles. The van der Waals surface area contributed by atoms with Crippen LogP contribution in [0.25, 0.3) is 0 Å². The fraction of sp³-hybridized carbons (Fsp3) is 0.250. The zero-order chi connectivity index (χ0) is 20.0. The van der Waals surface area contributed by atoms with Gasteiger partial charge in [0.2, 0.25) is 5.88 Å². The van der Waals surface area contributed by atoms with Gasteiger partial charge in [0.05, 0.1) is 5.02 Å². The van der Waals surface area contributed by atoms with Crippen molar-refractivity contribution in [3.63, 3.8) is 0 Å². The molecule has 1 amide bonds. The molecule has 1 aromatic carbocycles. The van der Waals surface area contributed by atoms with Crippen molar-refractivity contribution in [3.05, 3.63) is 65.3 Å². The molecular formula is C20H21ClN2O4. The second-order valence-electron chi connectivity index (χ2n) is 6.96. The Balaban J connectivity index is 2.12. The van der Waals surface area contributed by atoms with Gasteiger partial charge in [-0.1, -0.05) is 50.6 Å². The molecule has 2 aromatic rings. The van der Waals surface area contributed by atoms with Crippen LogP contribution in [0.3, 0.4) is 0 Å². The molecule has 27 heavy (non-hydrogen) atoms. The third-order valence-electron chi connectivity index (χ3n) is 3.36. The van der Waals surface area contributed by atoms with E-state index in [-0.39, 0.29) is 11.0 Å². The molecule has 7 heteroatoms. The van der Waals surface area contributed by atoms with E-state index in [9.17, 15) is 14.7 Å². The fourth-order valence-corrected chi connectivity index (χ4v) is 2.16. The van der Waals surface area contributed by atoms with Crippen molar-refractivity contribution in [1.82, 2.24) is 10.3 Å². The summed E-state index contributed by atoms with van der Waals surface area (Å²) in [6, 6.07) is 8.51. The zero-order valence-electron chi connectivity index (χ0n) is 15.3. The van der Waals surface area contributed by atoms with Crippen LogP contribution in [-0.4, -0.2) is 28.0 Å². The molecule has 0 fully saturated rings. The highest BCUT2D eigenvalue weighted by Gasteiger charge is 2.19. The molecular weight excluding hydrogens is 368 g/mol. The van der Waals surface area contributed by atoms with Gasteiger partial charge in [0, 0.05) is 17.8 Å². The largest absolute Gasteiger partial charge is 0.479 e. The number of carbonyl (C=O) groups is 2. The van der Waals surface area contributed by atoms with Gasteiger partial charge in [-0.05, 0) is 29.7 Å². The summed E-state index contributed by atoms with van der Waals surface area (Å²) in [6.07, 6.45) is 4.67. The normalized spacial score (nSPS) is 12.6. The van der Waals surface area contributed by atoms with E-state index in [1.54, 1.807) is 36.4 Å². The van der Waals surface area contributed by atoms with Crippen LogP contribution < -0.4 is 10.1 Å². The van der Waals surface area contributed by atoms with E-state index in [1.807, 2.05) is 20.8 Å². The first kappa shape index (κ1) is 20.5. The molecule has 6 nitrogen and oxygen atoms in total. The van der Waals surface area contributed by atoms with Crippen molar-refractivity contribution < 1.29 is 19.4 Å². The van der Waals surface area contributed by atoms with Gasteiger partial charge in [-0.25, -0.2) is 9.78 Å². The van der Waals surface area contributed by atoms with E-state index in [0.717, 1.165) is 0 Å². The number of carboxylic acids is 1. The Morgan fingerprint density at radius 1 is 1.26 bits per heavy atom. The number of nitrogens with zero attached hydrogens (tertiary/aromatic N) is 1. The van der Waals surface area contributed by atoms with Gasteiger partial charge in [0.1, 0.15) is 11.8 Å². The third-order valence-corrected chi connectivity index (χ3v) is 3.58. The van der Waals surface area contributed by atoms with Gasteiger partial charge in [-0.15, -0.1) is 0 Å². The van der Waals surface area contributed by atoms with Crippen LogP contribution in [0.15, 0.2) is 54.7 Å². The van der Waals surface area contributed by atoms with E-state index in [2.05, 4.69) is 10.3 Å². The van der Waals surface area contributed by atoms with Crippen LogP contribution >= 0.6 is 11.6 Å². The average molecular weight is 389 g/mol. The number of pyridine rings is 1. The number of hydrogen-bond donors (Lipinski definition) is 2. The first-order valence-electron chi connectivity index (χ1n) is 8.26. The van der Waals surface area contributed by atoms with Gasteiger partial charge < -0.3 is 15.2 Å². The minimum Gasteiger partial charge on any atom is -0.479 e. The SMILES string of the molecule is CC(C)(C)/C=C/C(NC(=O)c1cccc(Oc2ccc(Cl)cn2)c1)C(=O)O. The number of allylic oxidation sites excluding steroid dienone is 1. The Labute approximate surface area is 162 Å². The number of carbonyl (C=O) groups excluding carboxylic acids is 1. The number of rotatable bonds is 6. The molecule has 142 valence electrons. The predicted molar refractivity (Wildman–Crippen MR) is 103 cm³/mol. The van der Waals surface area contributed by atoms with Crippen LogP contribution in [0.4, 0.5) is 0 Å². The number of benzene rings is 1. The Kier molecular flexibility index (Phi) is 6.58. The zero-order valence-corrected chi connectivity index (χ0v) is 16.0. The second-order valence-corrected chi connectivity index (χ2v) is 7.40. The maximum absolute atomic E-state index is 12.4. The first-order valence-corrected chi connectivity index (χ1v) is 8.64. The van der Waals surface area contributed by atoms with Gasteiger partial charge in [-0.3, -0.25) is 4.79 Å². The highest BCUT2D eigenvalue weighted by Crippen LogP contribution is 2.21. The molecule has 0 aliphatic carbocycles. The Hall–Kier alpha value is -2.86. The number of carboxylic acid groups (broad SMARTS) is 1.